The van der Waals surface area contributed by atoms with Crippen LogP contribution >= 0.6 is 27.7 Å². The summed E-state index contributed by atoms with van der Waals surface area (Å²) in [4.78, 5) is 11.3. The van der Waals surface area contributed by atoms with E-state index in [1.165, 1.54) is 17.8 Å². The molecule has 1 aromatic rings. The molecule has 1 amide bonds. The minimum Gasteiger partial charge on any atom is -0.434 e. The Morgan fingerprint density at radius 3 is 2.89 bits per heavy atom. The van der Waals surface area contributed by atoms with E-state index in [9.17, 15) is 13.6 Å². The van der Waals surface area contributed by atoms with Gasteiger partial charge in [-0.15, -0.1) is 0 Å². The maximum absolute atomic E-state index is 12.2. The summed E-state index contributed by atoms with van der Waals surface area (Å²) in [5, 5.41) is 2.64. The van der Waals surface area contributed by atoms with Crippen LogP contribution in [0.4, 0.5) is 8.78 Å². The number of ether oxygens (including phenoxy) is 1. The van der Waals surface area contributed by atoms with Gasteiger partial charge in [-0.05, 0) is 24.5 Å². The quantitative estimate of drug-likeness (QED) is 0.865. The van der Waals surface area contributed by atoms with Crippen LogP contribution in [0.1, 0.15) is 5.56 Å². The minimum absolute atomic E-state index is 0.0673. The van der Waals surface area contributed by atoms with Gasteiger partial charge < -0.3 is 10.1 Å². The van der Waals surface area contributed by atoms with Crippen molar-refractivity contribution >= 4 is 33.6 Å². The summed E-state index contributed by atoms with van der Waals surface area (Å²) < 4.78 is 29.5. The highest BCUT2D eigenvalue weighted by Gasteiger charge is 2.11. The van der Waals surface area contributed by atoms with Crippen LogP contribution in [0.15, 0.2) is 22.7 Å². The Morgan fingerprint density at radius 1 is 1.56 bits per heavy atom. The molecule has 0 bridgehead atoms. The van der Waals surface area contributed by atoms with E-state index in [0.717, 1.165) is 4.47 Å². The lowest BCUT2D eigenvalue weighted by atomic mass is 10.2. The summed E-state index contributed by atoms with van der Waals surface area (Å²) >= 11 is 4.63. The summed E-state index contributed by atoms with van der Waals surface area (Å²) in [7, 11) is 0. The molecule has 0 aliphatic rings. The third-order valence-electron chi connectivity index (χ3n) is 1.99. The molecule has 7 heteroatoms. The van der Waals surface area contributed by atoms with Crippen LogP contribution in [-0.4, -0.2) is 24.5 Å². The van der Waals surface area contributed by atoms with Gasteiger partial charge in [-0.1, -0.05) is 15.9 Å². The fraction of sp³-hybridized carbons (Fsp3) is 0.364. The number of carbonyl (C=O) groups excluding carboxylic acids is 1. The lowest BCUT2D eigenvalue weighted by Gasteiger charge is -2.11. The summed E-state index contributed by atoms with van der Waals surface area (Å²) in [5.74, 6) is 0.252. The average molecular weight is 340 g/mol. The highest BCUT2D eigenvalue weighted by molar-refractivity contribution is 9.10. The number of benzene rings is 1. The van der Waals surface area contributed by atoms with Gasteiger partial charge in [0, 0.05) is 16.6 Å². The predicted octanol–water partition coefficient (Wildman–Crippen LogP) is 3.03. The number of rotatable bonds is 6. The Hall–Kier alpha value is -0.820. The highest BCUT2D eigenvalue weighted by Crippen LogP contribution is 2.24. The number of carbonyl (C=O) groups is 1. The summed E-state index contributed by atoms with van der Waals surface area (Å²) in [6, 6.07) is 4.67. The maximum atomic E-state index is 12.2. The Labute approximate surface area is 116 Å². The van der Waals surface area contributed by atoms with Gasteiger partial charge in [-0.25, -0.2) is 0 Å². The fourth-order valence-corrected chi connectivity index (χ4v) is 2.05. The van der Waals surface area contributed by atoms with Crippen molar-refractivity contribution in [1.82, 2.24) is 5.32 Å². The van der Waals surface area contributed by atoms with Gasteiger partial charge in [0.1, 0.15) is 5.75 Å². The van der Waals surface area contributed by atoms with Crippen molar-refractivity contribution in [2.75, 3.05) is 12.0 Å². The van der Waals surface area contributed by atoms with E-state index in [1.54, 1.807) is 12.1 Å². The Morgan fingerprint density at radius 2 is 2.28 bits per heavy atom. The number of thioether (sulfide) groups is 1. The molecule has 1 aromatic carbocycles. The van der Waals surface area contributed by atoms with Gasteiger partial charge in [-0.3, -0.25) is 4.79 Å². The summed E-state index contributed by atoms with van der Waals surface area (Å²) in [5.41, 5.74) is 0.499. The second kappa shape index (κ2) is 7.58. The van der Waals surface area contributed by atoms with Crippen LogP contribution in [0, 0.1) is 0 Å². The molecule has 0 fully saturated rings. The van der Waals surface area contributed by atoms with Gasteiger partial charge in [-0.2, -0.15) is 20.5 Å². The first kappa shape index (κ1) is 15.2. The standard InChI is InChI=1S/C11H12BrF2NO2S/c1-18-6-10(16)15-5-7-4-8(12)2-3-9(7)17-11(13)14/h2-4,11H,5-6H2,1H3,(H,15,16). The van der Waals surface area contributed by atoms with Gasteiger partial charge in [0.15, 0.2) is 0 Å². The largest absolute Gasteiger partial charge is 0.434 e. The van der Waals surface area contributed by atoms with Gasteiger partial charge in [0.05, 0.1) is 5.75 Å². The Balaban J connectivity index is 2.72. The molecule has 1 rings (SSSR count). The first-order valence-electron chi connectivity index (χ1n) is 5.01. The van der Waals surface area contributed by atoms with Crippen LogP contribution in [-0.2, 0) is 11.3 Å². The number of hydrogen-bond acceptors (Lipinski definition) is 3. The third-order valence-corrected chi connectivity index (χ3v) is 3.03. The molecular weight excluding hydrogens is 328 g/mol. The molecule has 18 heavy (non-hydrogen) atoms. The number of hydrogen-bond donors (Lipinski definition) is 1. The molecule has 0 heterocycles. The molecule has 0 aliphatic heterocycles. The average Bonchev–Trinajstić information content (AvgIpc) is 2.29. The van der Waals surface area contributed by atoms with Crippen molar-refractivity contribution in [1.29, 1.82) is 0 Å². The van der Waals surface area contributed by atoms with Crippen LogP contribution in [0.25, 0.3) is 0 Å². The summed E-state index contributed by atoms with van der Waals surface area (Å²) in [6.07, 6.45) is 1.81. The van der Waals surface area contributed by atoms with Crippen molar-refractivity contribution < 1.29 is 18.3 Å². The molecule has 0 unspecified atom stereocenters. The Kier molecular flexibility index (Phi) is 6.42. The van der Waals surface area contributed by atoms with Crippen LogP contribution < -0.4 is 10.1 Å². The van der Waals surface area contributed by atoms with Crippen molar-refractivity contribution in [3.63, 3.8) is 0 Å². The zero-order valence-corrected chi connectivity index (χ0v) is 12.0. The Bertz CT molecular complexity index is 418. The molecule has 0 saturated carbocycles. The number of amides is 1. The first-order chi connectivity index (χ1) is 8.52. The number of alkyl halides is 2. The summed E-state index contributed by atoms with van der Waals surface area (Å²) in [6.45, 7) is -2.73. The maximum Gasteiger partial charge on any atom is 0.387 e. The van der Waals surface area contributed by atoms with Crippen LogP contribution in [0.3, 0.4) is 0 Å². The van der Waals surface area contributed by atoms with E-state index >= 15 is 0 Å². The number of halogens is 3. The molecule has 0 saturated heterocycles. The molecule has 1 N–H and O–H groups in total. The molecule has 0 aliphatic carbocycles. The van der Waals surface area contributed by atoms with Crippen LogP contribution in [0.2, 0.25) is 0 Å². The molecule has 0 radical (unpaired) electrons. The first-order valence-corrected chi connectivity index (χ1v) is 7.20. The van der Waals surface area contributed by atoms with E-state index < -0.39 is 6.61 Å². The van der Waals surface area contributed by atoms with E-state index in [1.807, 2.05) is 6.26 Å². The van der Waals surface area contributed by atoms with E-state index in [4.69, 9.17) is 0 Å². The molecule has 0 spiro atoms. The zero-order chi connectivity index (χ0) is 13.5. The predicted molar refractivity (Wildman–Crippen MR) is 71.0 cm³/mol. The smallest absolute Gasteiger partial charge is 0.387 e. The topological polar surface area (TPSA) is 38.3 Å². The van der Waals surface area contributed by atoms with Gasteiger partial charge >= 0.3 is 6.61 Å². The lowest BCUT2D eigenvalue weighted by molar-refractivity contribution is -0.118. The van der Waals surface area contributed by atoms with Crippen molar-refractivity contribution in [2.45, 2.75) is 13.2 Å². The normalized spacial score (nSPS) is 10.5. The molecule has 0 atom stereocenters. The van der Waals surface area contributed by atoms with E-state index in [-0.39, 0.29) is 18.2 Å². The van der Waals surface area contributed by atoms with Gasteiger partial charge in [0.2, 0.25) is 5.91 Å². The highest BCUT2D eigenvalue weighted by atomic mass is 79.9. The number of nitrogens with one attached hydrogen (secondary N) is 1. The van der Waals surface area contributed by atoms with E-state index in [2.05, 4.69) is 26.0 Å². The second-order valence-electron chi connectivity index (χ2n) is 3.34. The third kappa shape index (κ3) is 5.22. The molecule has 3 nitrogen and oxygen atoms in total. The SMILES string of the molecule is CSCC(=O)NCc1cc(Br)ccc1OC(F)F. The van der Waals surface area contributed by atoms with E-state index in [0.29, 0.717) is 11.3 Å². The van der Waals surface area contributed by atoms with Crippen LogP contribution in [0.5, 0.6) is 5.75 Å². The van der Waals surface area contributed by atoms with Crippen molar-refractivity contribution in [2.24, 2.45) is 0 Å². The minimum atomic E-state index is -2.88. The second-order valence-corrected chi connectivity index (χ2v) is 5.12. The lowest BCUT2D eigenvalue weighted by Crippen LogP contribution is -2.24. The zero-order valence-electron chi connectivity index (χ0n) is 9.58. The monoisotopic (exact) mass is 339 g/mol. The molecule has 100 valence electrons. The molecular formula is C11H12BrF2NO2S. The van der Waals surface area contributed by atoms with Crippen molar-refractivity contribution in [3.8, 4) is 5.75 Å². The molecule has 0 aromatic heterocycles. The fourth-order valence-electron chi connectivity index (χ4n) is 1.27. The van der Waals surface area contributed by atoms with Crippen molar-refractivity contribution in [3.05, 3.63) is 28.2 Å². The van der Waals surface area contributed by atoms with Gasteiger partial charge in [0.25, 0.3) is 0 Å².